The van der Waals surface area contributed by atoms with Gasteiger partial charge in [-0.15, -0.1) is 0 Å². The molecule has 0 bridgehead atoms. The lowest BCUT2D eigenvalue weighted by Crippen LogP contribution is -2.59. The fraction of sp³-hybridized carbons (Fsp3) is 0.708. The summed E-state index contributed by atoms with van der Waals surface area (Å²) in [5.74, 6) is 0. The van der Waals surface area contributed by atoms with Crippen LogP contribution in [0.1, 0.15) is 47.8 Å². The van der Waals surface area contributed by atoms with Crippen molar-refractivity contribution in [2.45, 2.75) is 102 Å². The first kappa shape index (κ1) is 30.1. The van der Waals surface area contributed by atoms with E-state index in [2.05, 4.69) is 69.6 Å². The summed E-state index contributed by atoms with van der Waals surface area (Å²) in [4.78, 5) is 23.9. The topological polar surface area (TPSA) is 161 Å². The molecule has 0 aliphatic carbocycles. The summed E-state index contributed by atoms with van der Waals surface area (Å²) in [6, 6.07) is 0. The van der Waals surface area contributed by atoms with Crippen LogP contribution in [0.2, 0.25) is 36.3 Å². The molecule has 2 aromatic rings. The maximum absolute atomic E-state index is 12.9. The number of ether oxygens (including phenoxy) is 1. The van der Waals surface area contributed by atoms with Crippen molar-refractivity contribution in [2.75, 3.05) is 6.61 Å². The molecule has 12 nitrogen and oxygen atoms in total. The Kier molecular flexibility index (Phi) is 7.19. The van der Waals surface area contributed by atoms with Gasteiger partial charge in [-0.3, -0.25) is 9.36 Å². The van der Waals surface area contributed by atoms with Crippen molar-refractivity contribution >= 4 is 37.9 Å². The molecule has 1 fully saturated rings. The van der Waals surface area contributed by atoms with Crippen LogP contribution in [-0.4, -0.2) is 69.0 Å². The summed E-state index contributed by atoms with van der Waals surface area (Å²) >= 11 is 0. The second-order valence-electron chi connectivity index (χ2n) is 13.4. The Morgan fingerprint density at radius 1 is 1.10 bits per heavy atom. The van der Waals surface area contributed by atoms with Crippen molar-refractivity contribution < 1.29 is 26.2 Å². The Hall–Kier alpha value is -1.89. The molecule has 39 heavy (non-hydrogen) atoms. The van der Waals surface area contributed by atoms with Crippen LogP contribution in [0.15, 0.2) is 28.6 Å². The van der Waals surface area contributed by atoms with Gasteiger partial charge in [-0.1, -0.05) is 41.5 Å². The van der Waals surface area contributed by atoms with Crippen molar-refractivity contribution in [3.05, 3.63) is 34.1 Å². The standard InChI is InChI=1S/C24H41N5O7SSi2/c1-22(2,3)38(7,8)33-11-16-24(15(25)12-37(31,32)36-24)18(35-39(9,10)23(4,5)6)21(34-16)29-14-28-19-17(29)20(30)27-13-26-19/h12-14,16,18,21H,11,25H2,1-10H3,(H,26,27,30)/t16-,18+,21-,24?/m1/s1. The maximum atomic E-state index is 12.9. The second-order valence-corrected chi connectivity index (χ2v) is 24.3. The van der Waals surface area contributed by atoms with Crippen molar-refractivity contribution in [1.82, 2.24) is 19.5 Å². The lowest BCUT2D eigenvalue weighted by atomic mass is 9.89. The number of nitrogens with zero attached hydrogens (tertiary/aromatic N) is 3. The van der Waals surface area contributed by atoms with E-state index in [9.17, 15) is 13.2 Å². The van der Waals surface area contributed by atoms with Gasteiger partial charge in [0.05, 0.1) is 24.0 Å². The average molecular weight is 600 g/mol. The highest BCUT2D eigenvalue weighted by atomic mass is 32.2. The molecule has 15 heteroatoms. The van der Waals surface area contributed by atoms with Crippen LogP contribution in [0, 0.1) is 0 Å². The van der Waals surface area contributed by atoms with Gasteiger partial charge in [0.25, 0.3) is 15.7 Å². The molecule has 2 aliphatic heterocycles. The van der Waals surface area contributed by atoms with Crippen molar-refractivity contribution in [2.24, 2.45) is 5.73 Å². The molecule has 2 aliphatic rings. The lowest BCUT2D eigenvalue weighted by molar-refractivity contribution is -0.0534. The van der Waals surface area contributed by atoms with E-state index >= 15 is 0 Å². The minimum Gasteiger partial charge on any atom is -0.414 e. The van der Waals surface area contributed by atoms with E-state index in [1.54, 1.807) is 0 Å². The molecule has 4 rings (SSSR count). The van der Waals surface area contributed by atoms with Crippen LogP contribution in [0.5, 0.6) is 0 Å². The van der Waals surface area contributed by atoms with E-state index in [1.807, 2.05) is 13.1 Å². The quantitative estimate of drug-likeness (QED) is 0.372. The van der Waals surface area contributed by atoms with Crippen LogP contribution >= 0.6 is 0 Å². The summed E-state index contributed by atoms with van der Waals surface area (Å²) in [5.41, 5.74) is 4.71. The number of aromatic nitrogens is 4. The molecule has 1 spiro atoms. The van der Waals surface area contributed by atoms with E-state index < -0.39 is 56.3 Å². The van der Waals surface area contributed by atoms with Gasteiger partial charge in [-0.05, 0) is 36.3 Å². The Morgan fingerprint density at radius 2 is 1.72 bits per heavy atom. The van der Waals surface area contributed by atoms with E-state index in [0.717, 1.165) is 5.41 Å². The average Bonchev–Trinajstić information content (AvgIpc) is 3.38. The highest BCUT2D eigenvalue weighted by Crippen LogP contribution is 2.52. The number of hydrogen-bond donors (Lipinski definition) is 2. The Bertz CT molecular complexity index is 1460. The summed E-state index contributed by atoms with van der Waals surface area (Å²) < 4.78 is 53.1. The molecule has 1 unspecified atom stereocenters. The number of rotatable bonds is 6. The molecular weight excluding hydrogens is 559 g/mol. The Balaban J connectivity index is 1.91. The predicted molar refractivity (Wildman–Crippen MR) is 152 cm³/mol. The maximum Gasteiger partial charge on any atom is 0.292 e. The molecule has 4 atom stereocenters. The molecule has 2 aromatic heterocycles. The normalized spacial score (nSPS) is 27.9. The van der Waals surface area contributed by atoms with Gasteiger partial charge >= 0.3 is 0 Å². The second kappa shape index (κ2) is 9.32. The highest BCUT2D eigenvalue weighted by molar-refractivity contribution is 7.90. The van der Waals surface area contributed by atoms with Crippen LogP contribution in [0.3, 0.4) is 0 Å². The van der Waals surface area contributed by atoms with Crippen LogP contribution < -0.4 is 11.3 Å². The Labute approximate surface area is 231 Å². The SMILES string of the molecule is CC(C)(C)[Si](C)(C)OC[C@H]1O[C@@H](n2cnc3nc[nH]c(=O)c32)[C@H](O[Si](C)(C)C(C)(C)C)C12OS(=O)(=O)C=C2N. The summed E-state index contributed by atoms with van der Waals surface area (Å²) in [6.07, 6.45) is -0.313. The van der Waals surface area contributed by atoms with Crippen LogP contribution in [0.4, 0.5) is 0 Å². The van der Waals surface area contributed by atoms with Gasteiger partial charge in [0.1, 0.15) is 18.5 Å². The number of aromatic amines is 1. The first-order chi connectivity index (χ1) is 17.6. The molecule has 0 saturated carbocycles. The fourth-order valence-corrected chi connectivity index (χ4v) is 7.80. The van der Waals surface area contributed by atoms with E-state index in [4.69, 9.17) is 23.5 Å². The third-order valence-corrected chi connectivity index (χ3v) is 18.7. The molecule has 0 aromatic carbocycles. The van der Waals surface area contributed by atoms with Crippen LogP contribution in [0.25, 0.3) is 11.2 Å². The molecule has 0 amide bonds. The molecule has 0 radical (unpaired) electrons. The smallest absolute Gasteiger partial charge is 0.292 e. The van der Waals surface area contributed by atoms with Gasteiger partial charge in [-0.2, -0.15) is 8.42 Å². The van der Waals surface area contributed by atoms with Gasteiger partial charge in [0, 0.05) is 0 Å². The minimum absolute atomic E-state index is 0.00957. The van der Waals surface area contributed by atoms with Crippen molar-refractivity contribution in [3.63, 3.8) is 0 Å². The number of H-pyrrole nitrogens is 1. The molecule has 218 valence electrons. The Morgan fingerprint density at radius 3 is 2.26 bits per heavy atom. The number of imidazole rings is 1. The summed E-state index contributed by atoms with van der Waals surface area (Å²) in [6.45, 7) is 20.8. The third-order valence-electron chi connectivity index (χ3n) is 8.72. The van der Waals surface area contributed by atoms with Gasteiger partial charge in [-0.25, -0.2) is 14.2 Å². The largest absolute Gasteiger partial charge is 0.414 e. The van der Waals surface area contributed by atoms with Gasteiger partial charge < -0.3 is 24.3 Å². The molecule has 1 saturated heterocycles. The van der Waals surface area contributed by atoms with Gasteiger partial charge in [0.15, 0.2) is 39.6 Å². The highest BCUT2D eigenvalue weighted by Gasteiger charge is 2.67. The fourth-order valence-electron chi connectivity index (χ4n) is 4.29. The number of fused-ring (bicyclic) bond motifs is 1. The zero-order valence-electron chi connectivity index (χ0n) is 24.4. The van der Waals surface area contributed by atoms with E-state index in [0.29, 0.717) is 0 Å². The third kappa shape index (κ3) is 5.06. The molecule has 4 heterocycles. The summed E-state index contributed by atoms with van der Waals surface area (Å²) in [7, 11) is -9.05. The zero-order chi connectivity index (χ0) is 29.4. The first-order valence-electron chi connectivity index (χ1n) is 12.9. The summed E-state index contributed by atoms with van der Waals surface area (Å²) in [5, 5.41) is 0.555. The zero-order valence-corrected chi connectivity index (χ0v) is 27.2. The monoisotopic (exact) mass is 599 g/mol. The molecule has 3 N–H and O–H groups in total. The van der Waals surface area contributed by atoms with E-state index in [1.165, 1.54) is 17.2 Å². The van der Waals surface area contributed by atoms with Crippen LogP contribution in [-0.2, 0) is 27.9 Å². The number of nitrogens with one attached hydrogen (secondary N) is 1. The van der Waals surface area contributed by atoms with Crippen molar-refractivity contribution in [3.8, 4) is 0 Å². The lowest BCUT2D eigenvalue weighted by Gasteiger charge is -2.43. The van der Waals surface area contributed by atoms with Crippen molar-refractivity contribution in [1.29, 1.82) is 0 Å². The molecular formula is C24H41N5O7SSi2. The van der Waals surface area contributed by atoms with E-state index in [-0.39, 0.29) is 33.5 Å². The first-order valence-corrected chi connectivity index (χ1v) is 20.2. The predicted octanol–water partition coefficient (Wildman–Crippen LogP) is 3.33. The number of hydrogen-bond acceptors (Lipinski definition) is 10. The van der Waals surface area contributed by atoms with Gasteiger partial charge in [0.2, 0.25) is 0 Å². The number of nitrogens with two attached hydrogens (primary N) is 1. The minimum atomic E-state index is -4.15.